The third-order valence-corrected chi connectivity index (χ3v) is 3.90. The van der Waals surface area contributed by atoms with Gasteiger partial charge in [-0.05, 0) is 47.5 Å². The highest BCUT2D eigenvalue weighted by Gasteiger charge is 2.08. The summed E-state index contributed by atoms with van der Waals surface area (Å²) in [6.45, 7) is 2.44. The number of nitrogens with zero attached hydrogens (tertiary/aromatic N) is 1. The van der Waals surface area contributed by atoms with E-state index >= 15 is 0 Å². The molecule has 0 aromatic heterocycles. The topological polar surface area (TPSA) is 59.9 Å². The first-order valence-corrected chi connectivity index (χ1v) is 8.35. The third kappa shape index (κ3) is 3.83. The summed E-state index contributed by atoms with van der Waals surface area (Å²) in [6.07, 6.45) is 1.57. The fraction of sp³-hybridized carbons (Fsp3) is 0.143. The molecular weight excluding hydrogens is 328 g/mol. The molecule has 0 heterocycles. The number of fused-ring (bicyclic) bond motifs is 1. The molecule has 0 atom stereocenters. The number of amides is 1. The Hall–Kier alpha value is -3.34. The molecule has 3 aromatic carbocycles. The van der Waals surface area contributed by atoms with Crippen molar-refractivity contribution in [3.8, 4) is 11.5 Å². The van der Waals surface area contributed by atoms with Gasteiger partial charge >= 0.3 is 0 Å². The lowest BCUT2D eigenvalue weighted by Gasteiger charge is -2.09. The number of ether oxygens (including phenoxy) is 2. The minimum Gasteiger partial charge on any atom is -0.493 e. The van der Waals surface area contributed by atoms with E-state index in [0.29, 0.717) is 23.7 Å². The second-order valence-corrected chi connectivity index (χ2v) is 5.57. The number of carbonyl (C=O) groups is 1. The van der Waals surface area contributed by atoms with Crippen LogP contribution in [0.4, 0.5) is 0 Å². The van der Waals surface area contributed by atoms with Gasteiger partial charge in [0.25, 0.3) is 5.91 Å². The highest BCUT2D eigenvalue weighted by Crippen LogP contribution is 2.27. The van der Waals surface area contributed by atoms with Crippen molar-refractivity contribution in [3.05, 3.63) is 71.8 Å². The second-order valence-electron chi connectivity index (χ2n) is 5.57. The Labute approximate surface area is 152 Å². The van der Waals surface area contributed by atoms with Crippen molar-refractivity contribution in [2.75, 3.05) is 13.7 Å². The summed E-state index contributed by atoms with van der Waals surface area (Å²) in [5.41, 5.74) is 3.96. The Balaban J connectivity index is 1.76. The van der Waals surface area contributed by atoms with E-state index in [1.54, 1.807) is 25.5 Å². The molecule has 3 aromatic rings. The summed E-state index contributed by atoms with van der Waals surface area (Å²) in [5.74, 6) is 1.04. The van der Waals surface area contributed by atoms with Gasteiger partial charge < -0.3 is 9.47 Å². The molecule has 0 aliphatic carbocycles. The summed E-state index contributed by atoms with van der Waals surface area (Å²) in [5, 5.41) is 5.97. The molecule has 0 saturated carbocycles. The summed E-state index contributed by atoms with van der Waals surface area (Å²) in [6, 6.07) is 18.8. The zero-order valence-corrected chi connectivity index (χ0v) is 14.7. The summed E-state index contributed by atoms with van der Waals surface area (Å²) >= 11 is 0. The number of methoxy groups -OCH3 is 1. The van der Waals surface area contributed by atoms with Crippen LogP contribution in [0.3, 0.4) is 0 Å². The fourth-order valence-corrected chi connectivity index (χ4v) is 2.69. The van der Waals surface area contributed by atoms with Gasteiger partial charge in [-0.2, -0.15) is 5.10 Å². The first-order valence-electron chi connectivity index (χ1n) is 8.35. The van der Waals surface area contributed by atoms with Crippen molar-refractivity contribution < 1.29 is 14.3 Å². The van der Waals surface area contributed by atoms with Gasteiger partial charge in [0.15, 0.2) is 11.5 Å². The normalized spacial score (nSPS) is 10.8. The zero-order chi connectivity index (χ0) is 18.4. The molecule has 26 heavy (non-hydrogen) atoms. The van der Waals surface area contributed by atoms with E-state index in [4.69, 9.17) is 9.47 Å². The minimum absolute atomic E-state index is 0.253. The Morgan fingerprint density at radius 3 is 2.69 bits per heavy atom. The summed E-state index contributed by atoms with van der Waals surface area (Å²) in [4.78, 5) is 12.4. The Kier molecular flexibility index (Phi) is 5.49. The van der Waals surface area contributed by atoms with Crippen LogP contribution in [0, 0.1) is 0 Å². The molecule has 3 rings (SSSR count). The van der Waals surface area contributed by atoms with Gasteiger partial charge in [0, 0.05) is 5.56 Å². The van der Waals surface area contributed by atoms with Gasteiger partial charge in [0.2, 0.25) is 0 Å². The molecule has 0 radical (unpaired) electrons. The number of carbonyl (C=O) groups excluding carboxylic acids is 1. The van der Waals surface area contributed by atoms with E-state index in [0.717, 1.165) is 16.3 Å². The van der Waals surface area contributed by atoms with Gasteiger partial charge in [-0.25, -0.2) is 5.43 Å². The number of nitrogens with one attached hydrogen (secondary N) is 1. The highest BCUT2D eigenvalue weighted by atomic mass is 16.5. The molecule has 0 fully saturated rings. The first kappa shape index (κ1) is 17.5. The molecule has 0 aliphatic rings. The van der Waals surface area contributed by atoms with E-state index in [1.165, 1.54) is 0 Å². The molecule has 132 valence electrons. The quantitative estimate of drug-likeness (QED) is 0.541. The van der Waals surface area contributed by atoms with E-state index in [1.807, 2.05) is 55.5 Å². The molecule has 0 bridgehead atoms. The number of hydrogen-bond acceptors (Lipinski definition) is 4. The van der Waals surface area contributed by atoms with Crippen LogP contribution in [0.1, 0.15) is 22.8 Å². The molecule has 1 N–H and O–H groups in total. The van der Waals surface area contributed by atoms with Crippen molar-refractivity contribution >= 4 is 22.9 Å². The van der Waals surface area contributed by atoms with E-state index < -0.39 is 0 Å². The van der Waals surface area contributed by atoms with Crippen LogP contribution < -0.4 is 14.9 Å². The lowest BCUT2D eigenvalue weighted by atomic mass is 10.0. The van der Waals surface area contributed by atoms with Crippen molar-refractivity contribution in [2.24, 2.45) is 5.10 Å². The van der Waals surface area contributed by atoms with E-state index in [-0.39, 0.29) is 5.91 Å². The smallest absolute Gasteiger partial charge is 0.271 e. The monoisotopic (exact) mass is 348 g/mol. The molecule has 0 aliphatic heterocycles. The maximum atomic E-state index is 12.4. The highest BCUT2D eigenvalue weighted by molar-refractivity contribution is 6.07. The zero-order valence-electron chi connectivity index (χ0n) is 14.7. The predicted octanol–water partition coefficient (Wildman–Crippen LogP) is 4.01. The SMILES string of the molecule is CCOc1cc(/C=N\NC(=O)c2cccc3ccccc23)ccc1OC. The largest absolute Gasteiger partial charge is 0.493 e. The number of rotatable bonds is 6. The van der Waals surface area contributed by atoms with Crippen molar-refractivity contribution in [1.82, 2.24) is 5.43 Å². The van der Waals surface area contributed by atoms with Crippen LogP contribution in [0.15, 0.2) is 65.8 Å². The summed E-state index contributed by atoms with van der Waals surface area (Å²) < 4.78 is 10.8. The molecule has 5 heteroatoms. The predicted molar refractivity (Wildman–Crippen MR) is 103 cm³/mol. The van der Waals surface area contributed by atoms with Crippen LogP contribution in [0.5, 0.6) is 11.5 Å². The Bertz CT molecular complexity index is 946. The first-order chi connectivity index (χ1) is 12.7. The van der Waals surface area contributed by atoms with E-state index in [9.17, 15) is 4.79 Å². The third-order valence-electron chi connectivity index (χ3n) is 3.90. The van der Waals surface area contributed by atoms with E-state index in [2.05, 4.69) is 10.5 Å². The average molecular weight is 348 g/mol. The molecule has 5 nitrogen and oxygen atoms in total. The van der Waals surface area contributed by atoms with Gasteiger partial charge in [-0.1, -0.05) is 36.4 Å². The minimum atomic E-state index is -0.253. The number of hydrogen-bond donors (Lipinski definition) is 1. The van der Waals surface area contributed by atoms with Crippen LogP contribution in [-0.2, 0) is 0 Å². The van der Waals surface area contributed by atoms with Crippen molar-refractivity contribution in [1.29, 1.82) is 0 Å². The van der Waals surface area contributed by atoms with Crippen LogP contribution >= 0.6 is 0 Å². The second kappa shape index (κ2) is 8.16. The summed E-state index contributed by atoms with van der Waals surface area (Å²) in [7, 11) is 1.59. The van der Waals surface area contributed by atoms with Gasteiger partial charge in [-0.3, -0.25) is 4.79 Å². The maximum absolute atomic E-state index is 12.4. The van der Waals surface area contributed by atoms with Gasteiger partial charge in [-0.15, -0.1) is 0 Å². The average Bonchev–Trinajstić information content (AvgIpc) is 2.68. The molecule has 0 spiro atoms. The van der Waals surface area contributed by atoms with Crippen molar-refractivity contribution in [3.63, 3.8) is 0 Å². The van der Waals surface area contributed by atoms with Gasteiger partial charge in [0.05, 0.1) is 19.9 Å². The maximum Gasteiger partial charge on any atom is 0.271 e. The van der Waals surface area contributed by atoms with Crippen LogP contribution in [0.25, 0.3) is 10.8 Å². The number of benzene rings is 3. The lowest BCUT2D eigenvalue weighted by molar-refractivity contribution is 0.0957. The fourth-order valence-electron chi connectivity index (χ4n) is 2.69. The van der Waals surface area contributed by atoms with Crippen molar-refractivity contribution in [2.45, 2.75) is 6.92 Å². The number of hydrazone groups is 1. The lowest BCUT2D eigenvalue weighted by Crippen LogP contribution is -2.17. The molecule has 1 amide bonds. The molecular formula is C21H20N2O3. The van der Waals surface area contributed by atoms with Crippen LogP contribution in [0.2, 0.25) is 0 Å². The standard InChI is InChI=1S/C21H20N2O3/c1-3-26-20-13-15(11-12-19(20)25-2)14-22-23-21(24)18-10-6-8-16-7-4-5-9-17(16)18/h4-14H,3H2,1-2H3,(H,23,24)/b22-14-. The molecule has 0 unspecified atom stereocenters. The van der Waals surface area contributed by atoms with Gasteiger partial charge in [0.1, 0.15) is 0 Å². The Morgan fingerprint density at radius 1 is 1.08 bits per heavy atom. The van der Waals surface area contributed by atoms with Crippen LogP contribution in [-0.4, -0.2) is 25.8 Å². The Morgan fingerprint density at radius 2 is 1.88 bits per heavy atom. The molecule has 0 saturated heterocycles.